The summed E-state index contributed by atoms with van der Waals surface area (Å²) in [7, 11) is 3.07. The maximum Gasteiger partial charge on any atom is 0.273 e. The number of methoxy groups -OCH3 is 1. The first-order valence-corrected chi connectivity index (χ1v) is 9.79. The lowest BCUT2D eigenvalue weighted by atomic mass is 10.1. The predicted octanol–water partition coefficient (Wildman–Crippen LogP) is 1.38. The summed E-state index contributed by atoms with van der Waals surface area (Å²) >= 11 is 0. The Labute approximate surface area is 192 Å². The highest BCUT2D eigenvalue weighted by Crippen LogP contribution is 2.37. The molecule has 0 spiro atoms. The van der Waals surface area contributed by atoms with Crippen LogP contribution in [-0.4, -0.2) is 62.2 Å². The lowest BCUT2D eigenvalue weighted by Crippen LogP contribution is -2.23. The number of pyridine rings is 1. The van der Waals surface area contributed by atoms with Crippen LogP contribution >= 0.6 is 0 Å². The van der Waals surface area contributed by atoms with Crippen molar-refractivity contribution in [2.45, 2.75) is 19.5 Å². The molecule has 0 saturated heterocycles. The van der Waals surface area contributed by atoms with Crippen LogP contribution in [-0.2, 0) is 11.8 Å². The van der Waals surface area contributed by atoms with E-state index in [0.717, 1.165) is 0 Å². The number of ether oxygens (including phenoxy) is 1. The Balaban J connectivity index is 1.75. The lowest BCUT2D eigenvalue weighted by Gasteiger charge is -2.16. The van der Waals surface area contributed by atoms with Crippen molar-refractivity contribution in [3.8, 4) is 17.0 Å². The predicted molar refractivity (Wildman–Crippen MR) is 116 cm³/mol. The Hall–Kier alpha value is -4.16. The highest BCUT2D eigenvalue weighted by atomic mass is 19.1. The summed E-state index contributed by atoms with van der Waals surface area (Å²) in [5.41, 5.74) is 1.19. The molecule has 2 atom stereocenters. The molecule has 3 heterocycles. The van der Waals surface area contributed by atoms with Gasteiger partial charge in [0.05, 0.1) is 30.5 Å². The van der Waals surface area contributed by atoms with Gasteiger partial charge in [-0.15, -0.1) is 10.2 Å². The molecular formula is C20H22FN9O3. The lowest BCUT2D eigenvalue weighted by molar-refractivity contribution is -0.117. The third-order valence-electron chi connectivity index (χ3n) is 4.86. The Kier molecular flexibility index (Phi) is 4.89. The van der Waals surface area contributed by atoms with Gasteiger partial charge in [-0.1, -0.05) is 0 Å². The van der Waals surface area contributed by atoms with Crippen molar-refractivity contribution in [3.63, 3.8) is 0 Å². The second-order valence-electron chi connectivity index (χ2n) is 7.33. The molecule has 33 heavy (non-hydrogen) atoms. The Morgan fingerprint density at radius 3 is 2.76 bits per heavy atom. The van der Waals surface area contributed by atoms with Gasteiger partial charge in [0, 0.05) is 29.9 Å². The van der Waals surface area contributed by atoms with Crippen LogP contribution in [0.15, 0.2) is 18.3 Å². The van der Waals surface area contributed by atoms with Crippen molar-refractivity contribution in [2.24, 2.45) is 13.0 Å². The fourth-order valence-corrected chi connectivity index (χ4v) is 3.17. The summed E-state index contributed by atoms with van der Waals surface area (Å²) < 4.78 is 40.8. The van der Waals surface area contributed by atoms with Gasteiger partial charge in [0.2, 0.25) is 5.91 Å². The van der Waals surface area contributed by atoms with Crippen LogP contribution in [0.4, 0.5) is 21.7 Å². The zero-order chi connectivity index (χ0) is 26.2. The molecule has 172 valence electrons. The number of amides is 2. The van der Waals surface area contributed by atoms with Crippen molar-refractivity contribution < 1.29 is 22.8 Å². The topological polar surface area (TPSA) is 149 Å². The second kappa shape index (κ2) is 8.76. The SMILES string of the molecule is [2H]C([2H])([2H])NC(=O)c1nnc(NC(=O)[C@@H]2C[C@@H]2F)cc1Nc1nc(C)cc(-c2cnn(C)n2)c1OC. The molecule has 0 bridgehead atoms. The zero-order valence-corrected chi connectivity index (χ0v) is 17.9. The van der Waals surface area contributed by atoms with Crippen LogP contribution in [0.5, 0.6) is 5.75 Å². The first-order chi connectivity index (χ1) is 16.9. The molecule has 1 fully saturated rings. The summed E-state index contributed by atoms with van der Waals surface area (Å²) in [6.45, 7) is -1.06. The number of anilines is 3. The number of hydrogen-bond acceptors (Lipinski definition) is 9. The van der Waals surface area contributed by atoms with Crippen LogP contribution in [0.2, 0.25) is 0 Å². The van der Waals surface area contributed by atoms with Crippen molar-refractivity contribution in [3.05, 3.63) is 29.7 Å². The standard InChI is InChI=1S/C20H22FN9O3/c1-9-5-11(14-8-23-30(3)29-14)17(33-4)18(24-9)25-13-7-15(26-19(31)10-6-12(10)21)27-28-16(13)20(32)22-2/h5,7-8,10,12H,6H2,1-4H3,(H,22,32)(H2,24,25,26,27,31)/t10-,12+/m1/s1/i2D3. The number of aryl methyl sites for hydroxylation is 2. The third-order valence-corrected chi connectivity index (χ3v) is 4.86. The summed E-state index contributed by atoms with van der Waals surface area (Å²) in [5, 5.41) is 23.1. The highest BCUT2D eigenvalue weighted by Gasteiger charge is 2.43. The van der Waals surface area contributed by atoms with Crippen LogP contribution in [0.3, 0.4) is 0 Å². The number of hydrogen-bond donors (Lipinski definition) is 3. The Morgan fingerprint density at radius 2 is 2.12 bits per heavy atom. The largest absolute Gasteiger partial charge is 0.492 e. The van der Waals surface area contributed by atoms with Gasteiger partial charge < -0.3 is 20.7 Å². The van der Waals surface area contributed by atoms with Gasteiger partial charge >= 0.3 is 0 Å². The molecule has 1 saturated carbocycles. The van der Waals surface area contributed by atoms with E-state index in [9.17, 15) is 14.0 Å². The molecule has 0 radical (unpaired) electrons. The van der Waals surface area contributed by atoms with Gasteiger partial charge in [-0.2, -0.15) is 15.0 Å². The maximum absolute atomic E-state index is 13.3. The average molecular weight is 458 g/mol. The van der Waals surface area contributed by atoms with Crippen molar-refractivity contribution in [1.29, 1.82) is 0 Å². The maximum atomic E-state index is 13.3. The van der Waals surface area contributed by atoms with Gasteiger partial charge in [0.15, 0.2) is 23.1 Å². The number of carbonyl (C=O) groups is 2. The zero-order valence-electron chi connectivity index (χ0n) is 20.9. The van der Waals surface area contributed by atoms with Crippen LogP contribution in [0, 0.1) is 12.8 Å². The molecule has 0 unspecified atom stereocenters. The molecule has 3 aromatic rings. The van der Waals surface area contributed by atoms with E-state index in [1.807, 2.05) is 5.32 Å². The number of nitrogens with one attached hydrogen (secondary N) is 3. The normalized spacial score (nSPS) is 18.5. The molecule has 12 nitrogen and oxygen atoms in total. The molecule has 0 aliphatic heterocycles. The fraction of sp³-hybridized carbons (Fsp3) is 0.350. The number of rotatable bonds is 7. The Morgan fingerprint density at radius 1 is 1.33 bits per heavy atom. The first-order valence-electron chi connectivity index (χ1n) is 11.3. The smallest absolute Gasteiger partial charge is 0.273 e. The van der Waals surface area contributed by atoms with E-state index in [4.69, 9.17) is 8.85 Å². The van der Waals surface area contributed by atoms with Crippen molar-refractivity contribution >= 4 is 29.1 Å². The van der Waals surface area contributed by atoms with Crippen molar-refractivity contribution in [2.75, 3.05) is 24.7 Å². The van der Waals surface area contributed by atoms with E-state index in [1.165, 1.54) is 24.2 Å². The minimum Gasteiger partial charge on any atom is -0.492 e. The molecule has 13 heteroatoms. The van der Waals surface area contributed by atoms with Gasteiger partial charge in [-0.25, -0.2) is 9.37 Å². The fourth-order valence-electron chi connectivity index (χ4n) is 3.17. The summed E-state index contributed by atoms with van der Waals surface area (Å²) in [6, 6.07) is 3.00. The average Bonchev–Trinajstić information content (AvgIpc) is 3.36. The van der Waals surface area contributed by atoms with Gasteiger partial charge in [-0.05, 0) is 19.4 Å². The molecule has 1 aliphatic rings. The van der Waals surface area contributed by atoms with E-state index in [0.29, 0.717) is 17.0 Å². The van der Waals surface area contributed by atoms with E-state index >= 15 is 0 Å². The third kappa shape index (κ3) is 4.56. The highest BCUT2D eigenvalue weighted by molar-refractivity contribution is 6.00. The molecule has 0 aromatic carbocycles. The molecule has 2 amide bonds. The van der Waals surface area contributed by atoms with Gasteiger partial charge in [-0.3, -0.25) is 9.59 Å². The summed E-state index contributed by atoms with van der Waals surface area (Å²) in [4.78, 5) is 30.6. The number of halogens is 1. The Bertz CT molecular complexity index is 1330. The van der Waals surface area contributed by atoms with Crippen LogP contribution < -0.4 is 20.7 Å². The monoisotopic (exact) mass is 458 g/mol. The number of nitrogens with zero attached hydrogens (tertiary/aromatic N) is 6. The van der Waals surface area contributed by atoms with Crippen LogP contribution in [0.1, 0.15) is 26.7 Å². The quantitative estimate of drug-likeness (QED) is 0.477. The van der Waals surface area contributed by atoms with Gasteiger partial charge in [0.1, 0.15) is 11.9 Å². The molecule has 3 N–H and O–H groups in total. The molecular weight excluding hydrogens is 433 g/mol. The van der Waals surface area contributed by atoms with E-state index in [2.05, 4.69) is 36.0 Å². The van der Waals surface area contributed by atoms with Crippen molar-refractivity contribution in [1.82, 2.24) is 35.5 Å². The molecule has 1 aliphatic carbocycles. The van der Waals surface area contributed by atoms with E-state index in [1.54, 1.807) is 20.0 Å². The molecule has 4 rings (SSSR count). The molecule has 3 aromatic heterocycles. The number of alkyl halides is 1. The summed E-state index contributed by atoms with van der Waals surface area (Å²) in [6.07, 6.45) is 0.424. The first kappa shape index (κ1) is 18.4. The van der Waals surface area contributed by atoms with Gasteiger partial charge in [0.25, 0.3) is 5.91 Å². The number of aromatic nitrogens is 6. The minimum atomic E-state index is -2.79. The summed E-state index contributed by atoms with van der Waals surface area (Å²) in [5.74, 6) is -2.09. The van der Waals surface area contributed by atoms with E-state index in [-0.39, 0.29) is 35.2 Å². The second-order valence-corrected chi connectivity index (χ2v) is 7.33. The van der Waals surface area contributed by atoms with E-state index < -0.39 is 30.9 Å². The minimum absolute atomic E-state index is 0.0314. The van der Waals surface area contributed by atoms with Crippen LogP contribution in [0.25, 0.3) is 11.3 Å². The number of carbonyl (C=O) groups excluding carboxylic acids is 2.